The second-order valence-electron chi connectivity index (χ2n) is 6.49. The van der Waals surface area contributed by atoms with E-state index in [1.54, 1.807) is 18.2 Å². The van der Waals surface area contributed by atoms with E-state index in [1.165, 1.54) is 13.3 Å². The summed E-state index contributed by atoms with van der Waals surface area (Å²) in [6.45, 7) is 4.05. The molecule has 7 heteroatoms. The quantitative estimate of drug-likeness (QED) is 0.380. The minimum atomic E-state index is -0.358. The van der Waals surface area contributed by atoms with Crippen LogP contribution in [0.1, 0.15) is 29.5 Å². The van der Waals surface area contributed by atoms with Gasteiger partial charge in [-0.2, -0.15) is 5.10 Å². The van der Waals surface area contributed by atoms with E-state index in [4.69, 9.17) is 15.9 Å². The minimum absolute atomic E-state index is 0.0240. The Morgan fingerprint density at radius 1 is 1.13 bits per heavy atom. The van der Waals surface area contributed by atoms with Crippen LogP contribution in [0.15, 0.2) is 41.5 Å². The number of nitrogens with one attached hydrogen (secondary N) is 2. The van der Waals surface area contributed by atoms with E-state index in [0.717, 1.165) is 16.8 Å². The van der Waals surface area contributed by atoms with Gasteiger partial charge in [0.2, 0.25) is 11.8 Å². The monoisotopic (exact) mass is 407 g/mol. The van der Waals surface area contributed by atoms with Crippen LogP contribution >= 0.6 is 0 Å². The molecule has 2 amide bonds. The summed E-state index contributed by atoms with van der Waals surface area (Å²) in [6, 6.07) is 10.9. The lowest BCUT2D eigenvalue weighted by Gasteiger charge is -2.10. The van der Waals surface area contributed by atoms with Crippen molar-refractivity contribution in [2.24, 2.45) is 5.10 Å². The lowest BCUT2D eigenvalue weighted by atomic mass is 10.1. The molecular formula is C23H25N3O4. The van der Waals surface area contributed by atoms with Crippen LogP contribution in [0.3, 0.4) is 0 Å². The molecule has 0 fully saturated rings. The highest BCUT2D eigenvalue weighted by atomic mass is 16.5. The molecule has 30 heavy (non-hydrogen) atoms. The van der Waals surface area contributed by atoms with Crippen molar-refractivity contribution >= 4 is 23.7 Å². The van der Waals surface area contributed by atoms with E-state index in [1.807, 2.05) is 32.0 Å². The van der Waals surface area contributed by atoms with Gasteiger partial charge in [-0.3, -0.25) is 9.59 Å². The number of hydrogen-bond donors (Lipinski definition) is 2. The number of carbonyl (C=O) groups excluding carboxylic acids is 2. The summed E-state index contributed by atoms with van der Waals surface area (Å²) in [4.78, 5) is 24.0. The molecule has 0 heterocycles. The van der Waals surface area contributed by atoms with Gasteiger partial charge >= 0.3 is 0 Å². The van der Waals surface area contributed by atoms with E-state index < -0.39 is 0 Å². The Labute approximate surface area is 176 Å². The Morgan fingerprint density at radius 2 is 1.90 bits per heavy atom. The van der Waals surface area contributed by atoms with Crippen LogP contribution in [0, 0.1) is 26.2 Å². The maximum atomic E-state index is 12.1. The van der Waals surface area contributed by atoms with Crippen molar-refractivity contribution in [2.45, 2.75) is 26.7 Å². The molecule has 2 aromatic rings. The first-order valence-electron chi connectivity index (χ1n) is 9.37. The van der Waals surface area contributed by atoms with Crippen LogP contribution in [0.4, 0.5) is 5.69 Å². The number of methoxy groups -OCH3 is 1. The van der Waals surface area contributed by atoms with E-state index in [2.05, 4.69) is 21.8 Å². The number of benzene rings is 2. The fourth-order valence-electron chi connectivity index (χ4n) is 2.56. The molecule has 2 N–H and O–H groups in total. The minimum Gasteiger partial charge on any atom is -0.493 e. The first kappa shape index (κ1) is 22.5. The Kier molecular flexibility index (Phi) is 8.45. The number of rotatable bonds is 9. The number of terminal acetylenes is 1. The molecule has 0 unspecified atom stereocenters. The summed E-state index contributed by atoms with van der Waals surface area (Å²) in [5, 5.41) is 6.74. The zero-order valence-electron chi connectivity index (χ0n) is 17.3. The molecule has 0 saturated heterocycles. The molecule has 0 radical (unpaired) electrons. The molecule has 0 aliphatic carbocycles. The number of hydrogen-bond acceptors (Lipinski definition) is 5. The van der Waals surface area contributed by atoms with Crippen molar-refractivity contribution in [1.29, 1.82) is 0 Å². The van der Waals surface area contributed by atoms with Gasteiger partial charge in [0.05, 0.1) is 13.3 Å². The van der Waals surface area contributed by atoms with Gasteiger partial charge in [-0.25, -0.2) is 5.43 Å². The predicted molar refractivity (Wildman–Crippen MR) is 117 cm³/mol. The third kappa shape index (κ3) is 6.67. The lowest BCUT2D eigenvalue weighted by Crippen LogP contribution is -2.21. The second kappa shape index (κ2) is 11.3. The van der Waals surface area contributed by atoms with E-state index in [0.29, 0.717) is 17.1 Å². The summed E-state index contributed by atoms with van der Waals surface area (Å²) < 4.78 is 10.6. The molecule has 0 saturated carbocycles. The van der Waals surface area contributed by atoms with Crippen molar-refractivity contribution in [2.75, 3.05) is 19.0 Å². The number of nitrogens with zero attached hydrogens (tertiary/aromatic N) is 1. The smallest absolute Gasteiger partial charge is 0.240 e. The number of anilines is 1. The highest BCUT2D eigenvalue weighted by Crippen LogP contribution is 2.27. The SMILES string of the molecule is C#CCOc1ccc(C=NNC(=O)CCC(=O)Nc2cccc(C)c2C)cc1OC. The maximum absolute atomic E-state index is 12.1. The van der Waals surface area contributed by atoms with Crippen molar-refractivity contribution in [3.8, 4) is 23.8 Å². The van der Waals surface area contributed by atoms with Gasteiger partial charge in [0, 0.05) is 18.5 Å². The zero-order valence-corrected chi connectivity index (χ0v) is 17.3. The van der Waals surface area contributed by atoms with Gasteiger partial charge < -0.3 is 14.8 Å². The Hall–Kier alpha value is -3.79. The van der Waals surface area contributed by atoms with Gasteiger partial charge in [-0.1, -0.05) is 18.1 Å². The van der Waals surface area contributed by atoms with Crippen LogP contribution < -0.4 is 20.2 Å². The van der Waals surface area contributed by atoms with Gasteiger partial charge in [0.1, 0.15) is 6.61 Å². The van der Waals surface area contributed by atoms with Crippen molar-refractivity contribution in [3.63, 3.8) is 0 Å². The van der Waals surface area contributed by atoms with E-state index in [-0.39, 0.29) is 31.3 Å². The highest BCUT2D eigenvalue weighted by Gasteiger charge is 2.09. The lowest BCUT2D eigenvalue weighted by molar-refractivity contribution is -0.124. The third-order valence-electron chi connectivity index (χ3n) is 4.36. The average molecular weight is 407 g/mol. The fraction of sp³-hybridized carbons (Fsp3) is 0.261. The molecule has 7 nitrogen and oxygen atoms in total. The summed E-state index contributed by atoms with van der Waals surface area (Å²) >= 11 is 0. The molecular weight excluding hydrogens is 382 g/mol. The van der Waals surface area contributed by atoms with Gasteiger partial charge in [0.15, 0.2) is 11.5 Å². The molecule has 0 aromatic heterocycles. The standard InChI is InChI=1S/C23H25N3O4/c1-5-13-30-20-10-9-18(14-21(20)29-4)15-24-26-23(28)12-11-22(27)25-19-8-6-7-16(2)17(19)3/h1,6-10,14-15H,11-13H2,2-4H3,(H,25,27)(H,26,28). The molecule has 156 valence electrons. The third-order valence-corrected chi connectivity index (χ3v) is 4.36. The number of amides is 2. The number of ether oxygens (including phenoxy) is 2. The van der Waals surface area contributed by atoms with Gasteiger partial charge in [-0.15, -0.1) is 6.42 Å². The molecule has 0 aliphatic rings. The van der Waals surface area contributed by atoms with E-state index >= 15 is 0 Å². The van der Waals surface area contributed by atoms with Gasteiger partial charge in [-0.05, 0) is 54.8 Å². The molecule has 0 aliphatic heterocycles. The maximum Gasteiger partial charge on any atom is 0.240 e. The number of carbonyl (C=O) groups is 2. The Bertz CT molecular complexity index is 977. The average Bonchev–Trinajstić information content (AvgIpc) is 2.74. The first-order valence-corrected chi connectivity index (χ1v) is 9.37. The normalized spacial score (nSPS) is 10.3. The van der Waals surface area contributed by atoms with Crippen LogP contribution in [0.25, 0.3) is 0 Å². The summed E-state index contributed by atoms with van der Waals surface area (Å²) in [5.41, 5.74) is 5.96. The molecule has 0 bridgehead atoms. The van der Waals surface area contributed by atoms with E-state index in [9.17, 15) is 9.59 Å². The molecule has 2 aromatic carbocycles. The highest BCUT2D eigenvalue weighted by molar-refractivity contribution is 5.94. The summed E-state index contributed by atoms with van der Waals surface area (Å²) in [6.07, 6.45) is 6.74. The van der Waals surface area contributed by atoms with Crippen LogP contribution in [-0.4, -0.2) is 31.7 Å². The fourth-order valence-corrected chi connectivity index (χ4v) is 2.56. The number of hydrazone groups is 1. The summed E-state index contributed by atoms with van der Waals surface area (Å²) in [5.74, 6) is 2.83. The Morgan fingerprint density at radius 3 is 2.63 bits per heavy atom. The molecule has 0 spiro atoms. The van der Waals surface area contributed by atoms with Crippen molar-refractivity contribution < 1.29 is 19.1 Å². The van der Waals surface area contributed by atoms with Crippen LogP contribution in [0.2, 0.25) is 0 Å². The topological polar surface area (TPSA) is 89.0 Å². The molecule has 2 rings (SSSR count). The van der Waals surface area contributed by atoms with Crippen molar-refractivity contribution in [3.05, 3.63) is 53.1 Å². The summed E-state index contributed by atoms with van der Waals surface area (Å²) in [7, 11) is 1.52. The zero-order chi connectivity index (χ0) is 21.9. The molecule has 0 atom stereocenters. The first-order chi connectivity index (χ1) is 14.4. The van der Waals surface area contributed by atoms with Crippen LogP contribution in [-0.2, 0) is 9.59 Å². The predicted octanol–water partition coefficient (Wildman–Crippen LogP) is 3.19. The largest absolute Gasteiger partial charge is 0.493 e. The van der Waals surface area contributed by atoms with Crippen molar-refractivity contribution in [1.82, 2.24) is 5.43 Å². The second-order valence-corrected chi connectivity index (χ2v) is 6.49. The Balaban J connectivity index is 1.82. The number of aryl methyl sites for hydroxylation is 1. The van der Waals surface area contributed by atoms with Gasteiger partial charge in [0.25, 0.3) is 0 Å². The van der Waals surface area contributed by atoms with Crippen LogP contribution in [0.5, 0.6) is 11.5 Å².